The number of sulfonamides is 1. The fraction of sp³-hybridized carbons (Fsp3) is 0.182. The Morgan fingerprint density at radius 1 is 1.13 bits per heavy atom. The lowest BCUT2D eigenvalue weighted by molar-refractivity contribution is -0.141. The van der Waals surface area contributed by atoms with Crippen molar-refractivity contribution in [3.63, 3.8) is 0 Å². The summed E-state index contributed by atoms with van der Waals surface area (Å²) in [5, 5.41) is 12.2. The minimum atomic E-state index is -3.85. The predicted molar refractivity (Wildman–Crippen MR) is 119 cm³/mol. The number of carbonyl (C=O) groups is 2. The number of thiophene rings is 1. The molecule has 1 aromatic heterocycles. The van der Waals surface area contributed by atoms with Crippen molar-refractivity contribution in [3.05, 3.63) is 71.1 Å². The van der Waals surface area contributed by atoms with Crippen LogP contribution in [0.4, 0.5) is 5.69 Å². The minimum absolute atomic E-state index is 0.0602. The predicted octanol–water partition coefficient (Wildman–Crippen LogP) is 4.03. The molecule has 0 saturated carbocycles. The number of carboxylic acids is 1. The molecule has 0 fully saturated rings. The molecular formula is C22H20N2O5S2. The van der Waals surface area contributed by atoms with Gasteiger partial charge < -0.3 is 10.4 Å². The van der Waals surface area contributed by atoms with Gasteiger partial charge in [-0.25, -0.2) is 8.42 Å². The van der Waals surface area contributed by atoms with Crippen LogP contribution in [-0.4, -0.2) is 35.7 Å². The second-order valence-electron chi connectivity index (χ2n) is 7.11. The maximum atomic E-state index is 12.9. The summed E-state index contributed by atoms with van der Waals surface area (Å²) in [6.07, 6.45) is 0.197. The third kappa shape index (κ3) is 3.99. The first-order chi connectivity index (χ1) is 14.8. The van der Waals surface area contributed by atoms with Crippen LogP contribution < -0.4 is 5.32 Å². The lowest BCUT2D eigenvalue weighted by Crippen LogP contribution is -2.40. The highest BCUT2D eigenvalue weighted by molar-refractivity contribution is 7.89. The Labute approximate surface area is 184 Å². The highest BCUT2D eigenvalue weighted by Crippen LogP contribution is 2.42. The van der Waals surface area contributed by atoms with Crippen molar-refractivity contribution in [1.82, 2.24) is 4.31 Å². The molecule has 0 radical (unpaired) electrons. The number of para-hydroxylation sites is 1. The largest absolute Gasteiger partial charge is 0.480 e. The Morgan fingerprint density at radius 3 is 2.39 bits per heavy atom. The van der Waals surface area contributed by atoms with Crippen LogP contribution in [0.5, 0.6) is 0 Å². The van der Waals surface area contributed by atoms with Crippen LogP contribution in [0.1, 0.15) is 28.6 Å². The van der Waals surface area contributed by atoms with E-state index in [2.05, 4.69) is 5.32 Å². The van der Waals surface area contributed by atoms with Crippen LogP contribution in [0.25, 0.3) is 10.4 Å². The summed E-state index contributed by atoms with van der Waals surface area (Å²) in [6, 6.07) is 16.6. The third-order valence-electron chi connectivity index (χ3n) is 5.14. The van der Waals surface area contributed by atoms with E-state index in [1.165, 1.54) is 11.3 Å². The molecule has 2 heterocycles. The Kier molecular flexibility index (Phi) is 5.65. The van der Waals surface area contributed by atoms with Crippen molar-refractivity contribution < 1.29 is 23.1 Å². The van der Waals surface area contributed by atoms with Gasteiger partial charge in [0.2, 0.25) is 10.0 Å². The zero-order valence-corrected chi connectivity index (χ0v) is 18.2. The summed E-state index contributed by atoms with van der Waals surface area (Å²) >= 11 is 1.32. The second kappa shape index (κ2) is 8.26. The van der Waals surface area contributed by atoms with E-state index in [9.17, 15) is 23.1 Å². The van der Waals surface area contributed by atoms with Crippen LogP contribution in [0, 0.1) is 0 Å². The van der Waals surface area contributed by atoms with Crippen LogP contribution in [-0.2, 0) is 21.4 Å². The van der Waals surface area contributed by atoms with Gasteiger partial charge in [0, 0.05) is 21.0 Å². The summed E-state index contributed by atoms with van der Waals surface area (Å²) in [5.41, 5.74) is 1.98. The van der Waals surface area contributed by atoms with Crippen molar-refractivity contribution in [2.45, 2.75) is 30.8 Å². The fourth-order valence-electron chi connectivity index (χ4n) is 3.53. The summed E-state index contributed by atoms with van der Waals surface area (Å²) in [7, 11) is -3.85. The van der Waals surface area contributed by atoms with Gasteiger partial charge in [0.1, 0.15) is 6.04 Å². The number of nitrogens with zero attached hydrogens (tertiary/aromatic N) is 1. The molecule has 31 heavy (non-hydrogen) atoms. The first-order valence-electron chi connectivity index (χ1n) is 9.65. The van der Waals surface area contributed by atoms with Gasteiger partial charge in [0.25, 0.3) is 5.91 Å². The maximum absolute atomic E-state index is 12.9. The zero-order chi connectivity index (χ0) is 22.2. The van der Waals surface area contributed by atoms with Crippen LogP contribution >= 0.6 is 11.3 Å². The molecule has 9 heteroatoms. The molecule has 1 atom stereocenters. The molecule has 0 bridgehead atoms. The van der Waals surface area contributed by atoms with Gasteiger partial charge in [0.15, 0.2) is 0 Å². The van der Waals surface area contributed by atoms with Crippen LogP contribution in [0.3, 0.4) is 0 Å². The van der Waals surface area contributed by atoms with E-state index < -0.39 is 22.0 Å². The Balaban J connectivity index is 1.54. The molecule has 0 spiro atoms. The Morgan fingerprint density at radius 2 is 1.81 bits per heavy atom. The van der Waals surface area contributed by atoms with Gasteiger partial charge in [0.05, 0.1) is 11.4 Å². The minimum Gasteiger partial charge on any atom is -0.480 e. The Hall–Kier alpha value is -3.01. The number of nitrogens with one attached hydrogen (secondary N) is 1. The van der Waals surface area contributed by atoms with E-state index >= 15 is 0 Å². The van der Waals surface area contributed by atoms with Gasteiger partial charge in [-0.15, -0.1) is 11.3 Å². The van der Waals surface area contributed by atoms with E-state index in [1.54, 1.807) is 49.4 Å². The van der Waals surface area contributed by atoms with Gasteiger partial charge >= 0.3 is 5.97 Å². The number of aliphatic carboxylic acids is 1. The first-order valence-corrected chi connectivity index (χ1v) is 11.9. The van der Waals surface area contributed by atoms with E-state index in [0.29, 0.717) is 16.1 Å². The number of anilines is 1. The average Bonchev–Trinajstić information content (AvgIpc) is 3.28. The summed E-state index contributed by atoms with van der Waals surface area (Å²) < 4.78 is 26.8. The number of carbonyl (C=O) groups excluding carboxylic acids is 1. The molecule has 1 aliphatic heterocycles. The topological polar surface area (TPSA) is 104 Å². The number of fused-ring (bicyclic) bond motifs is 1. The van der Waals surface area contributed by atoms with Crippen LogP contribution in [0.15, 0.2) is 65.6 Å². The number of hydrogen-bond acceptors (Lipinski definition) is 5. The van der Waals surface area contributed by atoms with Crippen LogP contribution in [0.2, 0.25) is 0 Å². The number of carboxylic acid groups (broad SMARTS) is 1. The lowest BCUT2D eigenvalue weighted by Gasteiger charge is -2.21. The summed E-state index contributed by atoms with van der Waals surface area (Å²) in [6.45, 7) is 1.71. The number of benzene rings is 2. The highest BCUT2D eigenvalue weighted by atomic mass is 32.2. The van der Waals surface area contributed by atoms with Gasteiger partial charge in [-0.1, -0.05) is 37.3 Å². The molecule has 2 N–H and O–H groups in total. The number of hydrogen-bond donors (Lipinski definition) is 2. The first kappa shape index (κ1) is 21.2. The second-order valence-corrected chi connectivity index (χ2v) is 10.1. The van der Waals surface area contributed by atoms with E-state index in [4.69, 9.17) is 0 Å². The van der Waals surface area contributed by atoms with Crippen molar-refractivity contribution >= 4 is 38.9 Å². The molecule has 160 valence electrons. The van der Waals surface area contributed by atoms with Crippen molar-refractivity contribution in [2.24, 2.45) is 0 Å². The standard InChI is InChI=1S/C22H20N2O5S2/c1-2-17(22(26)27)24-13-19-20(31(24,28)29)12-18(30-19)14-8-10-15(11-9-14)21(25)23-16-6-4-3-5-7-16/h3-12,17H,2,13H2,1H3,(H,23,25)(H,26,27). The summed E-state index contributed by atoms with van der Waals surface area (Å²) in [4.78, 5) is 25.4. The van der Waals surface area contributed by atoms with E-state index in [0.717, 1.165) is 14.7 Å². The molecule has 3 aromatic rings. The SMILES string of the molecule is CCC(C(=O)O)N1Cc2sc(-c3ccc(C(=O)Nc4ccccc4)cc3)cc2S1(=O)=O. The molecule has 1 aliphatic rings. The van der Waals surface area contributed by atoms with Gasteiger partial charge in [-0.3, -0.25) is 9.59 Å². The fourth-order valence-corrected chi connectivity index (χ4v) is 6.93. The molecule has 0 aliphatic carbocycles. The normalized spacial score (nSPS) is 15.9. The third-order valence-corrected chi connectivity index (χ3v) is 8.36. The van der Waals surface area contributed by atoms with Gasteiger partial charge in [-0.05, 0) is 42.3 Å². The van der Waals surface area contributed by atoms with Crippen molar-refractivity contribution in [3.8, 4) is 10.4 Å². The molecule has 4 rings (SSSR count). The smallest absolute Gasteiger partial charge is 0.322 e. The van der Waals surface area contributed by atoms with Gasteiger partial charge in [-0.2, -0.15) is 4.31 Å². The monoisotopic (exact) mass is 456 g/mol. The average molecular weight is 457 g/mol. The van der Waals surface area contributed by atoms with Crippen molar-refractivity contribution in [1.29, 1.82) is 0 Å². The molecule has 1 amide bonds. The number of rotatable bonds is 6. The van der Waals surface area contributed by atoms with E-state index in [-0.39, 0.29) is 23.8 Å². The van der Waals surface area contributed by atoms with E-state index in [1.807, 2.05) is 18.2 Å². The number of amides is 1. The molecule has 7 nitrogen and oxygen atoms in total. The molecular weight excluding hydrogens is 436 g/mol. The molecule has 1 unspecified atom stereocenters. The quantitative estimate of drug-likeness (QED) is 0.583. The Bertz CT molecular complexity index is 1230. The molecule has 0 saturated heterocycles. The zero-order valence-electron chi connectivity index (χ0n) is 16.6. The molecule has 2 aromatic carbocycles. The maximum Gasteiger partial charge on any atom is 0.322 e. The summed E-state index contributed by atoms with van der Waals surface area (Å²) in [5.74, 6) is -1.38. The highest BCUT2D eigenvalue weighted by Gasteiger charge is 2.43. The van der Waals surface area contributed by atoms with Crippen molar-refractivity contribution in [2.75, 3.05) is 5.32 Å². The lowest BCUT2D eigenvalue weighted by atomic mass is 10.1.